The molecule has 1 atom stereocenters. The van der Waals surface area contributed by atoms with E-state index in [1.54, 1.807) is 6.07 Å². The number of rotatable bonds is 4. The lowest BCUT2D eigenvalue weighted by Gasteiger charge is -2.12. The van der Waals surface area contributed by atoms with Gasteiger partial charge in [0.1, 0.15) is 0 Å². The van der Waals surface area contributed by atoms with Crippen LogP contribution < -0.4 is 15.2 Å². The summed E-state index contributed by atoms with van der Waals surface area (Å²) in [6, 6.07) is 3.51. The number of phenols is 1. The largest absolute Gasteiger partial charge is 0.504 e. The van der Waals surface area contributed by atoms with Crippen LogP contribution in [0.2, 0.25) is 0 Å². The van der Waals surface area contributed by atoms with Gasteiger partial charge in [-0.2, -0.15) is 0 Å². The molecule has 15 heavy (non-hydrogen) atoms. The van der Waals surface area contributed by atoms with Crippen LogP contribution in [0.15, 0.2) is 12.1 Å². The number of nitrogens with two attached hydrogens (primary N) is 1. The molecule has 1 aromatic rings. The molecule has 0 aliphatic carbocycles. The maximum absolute atomic E-state index is 9.67. The molecule has 0 amide bonds. The summed E-state index contributed by atoms with van der Waals surface area (Å²) in [5.74, 6) is 0.951. The van der Waals surface area contributed by atoms with Crippen LogP contribution in [-0.2, 0) is 6.42 Å². The fraction of sp³-hybridized carbons (Fsp3) is 0.455. The van der Waals surface area contributed by atoms with E-state index in [9.17, 15) is 5.11 Å². The van der Waals surface area contributed by atoms with Crippen molar-refractivity contribution in [3.05, 3.63) is 17.7 Å². The first-order chi connectivity index (χ1) is 7.08. The number of hydrogen-bond donors (Lipinski definition) is 2. The lowest BCUT2D eigenvalue weighted by atomic mass is 10.1. The van der Waals surface area contributed by atoms with Crippen molar-refractivity contribution in [3.63, 3.8) is 0 Å². The molecule has 3 N–H and O–H groups in total. The van der Waals surface area contributed by atoms with E-state index < -0.39 is 0 Å². The van der Waals surface area contributed by atoms with Crippen molar-refractivity contribution in [2.24, 2.45) is 5.73 Å². The Morgan fingerprint density at radius 3 is 2.47 bits per heavy atom. The van der Waals surface area contributed by atoms with Gasteiger partial charge in [-0.05, 0) is 31.0 Å². The molecule has 0 heterocycles. The average Bonchev–Trinajstić information content (AvgIpc) is 2.15. The van der Waals surface area contributed by atoms with Crippen molar-refractivity contribution in [1.29, 1.82) is 0 Å². The molecule has 4 nitrogen and oxygen atoms in total. The Hall–Kier alpha value is -1.42. The van der Waals surface area contributed by atoms with Crippen LogP contribution in [0.4, 0.5) is 0 Å². The molecular weight excluding hydrogens is 194 g/mol. The molecule has 1 unspecified atom stereocenters. The molecule has 0 aliphatic heterocycles. The lowest BCUT2D eigenvalue weighted by Crippen LogP contribution is -2.17. The van der Waals surface area contributed by atoms with Gasteiger partial charge in [0.05, 0.1) is 14.2 Å². The summed E-state index contributed by atoms with van der Waals surface area (Å²) in [4.78, 5) is 0. The summed E-state index contributed by atoms with van der Waals surface area (Å²) >= 11 is 0. The highest BCUT2D eigenvalue weighted by molar-refractivity contribution is 5.53. The van der Waals surface area contributed by atoms with Gasteiger partial charge >= 0.3 is 0 Å². The predicted molar refractivity (Wildman–Crippen MR) is 58.6 cm³/mol. The zero-order valence-corrected chi connectivity index (χ0v) is 9.28. The molecule has 4 heteroatoms. The van der Waals surface area contributed by atoms with Crippen LogP contribution in [0.3, 0.4) is 0 Å². The third kappa shape index (κ3) is 2.76. The van der Waals surface area contributed by atoms with E-state index in [0.717, 1.165) is 5.56 Å². The quantitative estimate of drug-likeness (QED) is 0.787. The highest BCUT2D eigenvalue weighted by Crippen LogP contribution is 2.37. The summed E-state index contributed by atoms with van der Waals surface area (Å²) in [5.41, 5.74) is 6.61. The smallest absolute Gasteiger partial charge is 0.203 e. The number of methoxy groups -OCH3 is 2. The predicted octanol–water partition coefficient (Wildman–Crippen LogP) is 1.30. The van der Waals surface area contributed by atoms with Crippen LogP contribution in [-0.4, -0.2) is 25.4 Å². The maximum atomic E-state index is 9.67. The zero-order valence-electron chi connectivity index (χ0n) is 9.28. The molecule has 0 saturated carbocycles. The van der Waals surface area contributed by atoms with E-state index in [1.165, 1.54) is 14.2 Å². The number of aromatic hydroxyl groups is 1. The van der Waals surface area contributed by atoms with E-state index in [0.29, 0.717) is 17.9 Å². The van der Waals surface area contributed by atoms with Crippen LogP contribution in [0.25, 0.3) is 0 Å². The van der Waals surface area contributed by atoms with E-state index >= 15 is 0 Å². The molecule has 1 rings (SSSR count). The summed E-state index contributed by atoms with van der Waals surface area (Å²) in [6.07, 6.45) is 0.688. The summed E-state index contributed by atoms with van der Waals surface area (Å²) in [5, 5.41) is 9.67. The van der Waals surface area contributed by atoms with Gasteiger partial charge in [-0.3, -0.25) is 0 Å². The molecular formula is C11H17NO3. The number of ether oxygens (including phenoxy) is 2. The average molecular weight is 211 g/mol. The monoisotopic (exact) mass is 211 g/mol. The van der Waals surface area contributed by atoms with Gasteiger partial charge in [-0.25, -0.2) is 0 Å². The fourth-order valence-corrected chi connectivity index (χ4v) is 1.49. The number of phenolic OH excluding ortho intramolecular Hbond substituents is 1. The minimum Gasteiger partial charge on any atom is -0.504 e. The Bertz CT molecular complexity index is 337. The second kappa shape index (κ2) is 4.89. The summed E-state index contributed by atoms with van der Waals surface area (Å²) < 4.78 is 10.1. The van der Waals surface area contributed by atoms with Gasteiger partial charge in [0.2, 0.25) is 5.75 Å². The second-order valence-electron chi connectivity index (χ2n) is 3.53. The van der Waals surface area contributed by atoms with Gasteiger partial charge in [-0.1, -0.05) is 0 Å². The molecule has 1 aromatic carbocycles. The first kappa shape index (κ1) is 11.7. The van der Waals surface area contributed by atoms with Crippen molar-refractivity contribution in [3.8, 4) is 17.2 Å². The van der Waals surface area contributed by atoms with Gasteiger partial charge in [0.25, 0.3) is 0 Å². The molecule has 0 aromatic heterocycles. The van der Waals surface area contributed by atoms with Crippen molar-refractivity contribution in [2.45, 2.75) is 19.4 Å². The van der Waals surface area contributed by atoms with Crippen molar-refractivity contribution in [1.82, 2.24) is 0 Å². The molecule has 84 valence electrons. The normalized spacial score (nSPS) is 12.3. The van der Waals surface area contributed by atoms with Crippen molar-refractivity contribution in [2.75, 3.05) is 14.2 Å². The van der Waals surface area contributed by atoms with Crippen LogP contribution in [0, 0.1) is 0 Å². The maximum Gasteiger partial charge on any atom is 0.203 e. The first-order valence-corrected chi connectivity index (χ1v) is 4.78. The minimum absolute atomic E-state index is 0.0440. The first-order valence-electron chi connectivity index (χ1n) is 4.78. The van der Waals surface area contributed by atoms with Crippen molar-refractivity contribution >= 4 is 0 Å². The third-order valence-corrected chi connectivity index (χ3v) is 2.08. The highest BCUT2D eigenvalue weighted by atomic mass is 16.5. The standard InChI is InChI=1S/C11H17NO3/c1-7(12)4-8-5-9(13)11(15-3)10(6-8)14-2/h5-7,13H,4,12H2,1-3H3. The minimum atomic E-state index is 0.0440. The summed E-state index contributed by atoms with van der Waals surface area (Å²) in [6.45, 7) is 1.91. The zero-order chi connectivity index (χ0) is 11.4. The Labute approximate surface area is 89.6 Å². The van der Waals surface area contributed by atoms with Crippen LogP contribution in [0.1, 0.15) is 12.5 Å². The van der Waals surface area contributed by atoms with E-state index in [2.05, 4.69) is 0 Å². The Morgan fingerprint density at radius 1 is 1.33 bits per heavy atom. The topological polar surface area (TPSA) is 64.7 Å². The molecule has 0 radical (unpaired) electrons. The number of benzene rings is 1. The number of hydrogen-bond acceptors (Lipinski definition) is 4. The Balaban J connectivity index is 3.08. The Kier molecular flexibility index (Phi) is 3.80. The Morgan fingerprint density at radius 2 is 2.00 bits per heavy atom. The van der Waals surface area contributed by atoms with E-state index in [-0.39, 0.29) is 11.8 Å². The van der Waals surface area contributed by atoms with Gasteiger partial charge < -0.3 is 20.3 Å². The summed E-state index contributed by atoms with van der Waals surface area (Å²) in [7, 11) is 3.02. The molecule has 0 aliphatic rings. The molecule has 0 spiro atoms. The third-order valence-electron chi connectivity index (χ3n) is 2.08. The van der Waals surface area contributed by atoms with E-state index in [4.69, 9.17) is 15.2 Å². The lowest BCUT2D eigenvalue weighted by molar-refractivity contribution is 0.332. The van der Waals surface area contributed by atoms with E-state index in [1.807, 2.05) is 13.0 Å². The van der Waals surface area contributed by atoms with Crippen LogP contribution in [0.5, 0.6) is 17.2 Å². The second-order valence-corrected chi connectivity index (χ2v) is 3.53. The molecule has 0 bridgehead atoms. The van der Waals surface area contributed by atoms with Gasteiger partial charge in [-0.15, -0.1) is 0 Å². The van der Waals surface area contributed by atoms with Crippen LogP contribution >= 0.6 is 0 Å². The SMILES string of the molecule is COc1cc(CC(C)N)cc(O)c1OC. The van der Waals surface area contributed by atoms with Gasteiger partial charge in [0.15, 0.2) is 11.5 Å². The molecule has 0 saturated heterocycles. The highest BCUT2D eigenvalue weighted by Gasteiger charge is 2.12. The van der Waals surface area contributed by atoms with Gasteiger partial charge in [0, 0.05) is 6.04 Å². The molecule has 0 fully saturated rings. The van der Waals surface area contributed by atoms with Crippen molar-refractivity contribution < 1.29 is 14.6 Å². The fourth-order valence-electron chi connectivity index (χ4n) is 1.49.